The minimum atomic E-state index is -3.88. The standard InChI is InChI=1S/C31H40FN3O4S/c1-22-19-35(23(2)21-36)40(38,39)30-15-14-25(13-12-24-8-7-9-28(32)17-24)16-26(30)18-27(22)20-34(3)31(37)33-29-10-5-4-6-11-29/h7-9,14-17,22-23,27,29,36H,4-6,10-11,18-21H2,1-3H3,(H,33,37)/t22-,23+,27+/m1/s1. The number of urea groups is 1. The van der Waals surface area contributed by atoms with Crippen molar-refractivity contribution in [3.05, 3.63) is 65.0 Å². The van der Waals surface area contributed by atoms with Crippen molar-refractivity contribution in [2.75, 3.05) is 26.7 Å². The third kappa shape index (κ3) is 7.22. The van der Waals surface area contributed by atoms with Crippen LogP contribution in [0, 0.1) is 29.5 Å². The van der Waals surface area contributed by atoms with Crippen LogP contribution in [0.3, 0.4) is 0 Å². The molecule has 0 saturated heterocycles. The molecule has 0 radical (unpaired) electrons. The number of hydrogen-bond acceptors (Lipinski definition) is 4. The lowest BCUT2D eigenvalue weighted by Crippen LogP contribution is -2.49. The van der Waals surface area contributed by atoms with Gasteiger partial charge in [0.25, 0.3) is 0 Å². The molecule has 0 aromatic heterocycles. The Hall–Kier alpha value is -2.93. The molecule has 2 amide bonds. The number of hydrogen-bond donors (Lipinski definition) is 2. The Morgan fingerprint density at radius 2 is 1.85 bits per heavy atom. The van der Waals surface area contributed by atoms with Crippen LogP contribution in [0.4, 0.5) is 9.18 Å². The minimum Gasteiger partial charge on any atom is -0.395 e. The van der Waals surface area contributed by atoms with E-state index in [-0.39, 0.29) is 47.8 Å². The first-order chi connectivity index (χ1) is 19.1. The second-order valence-corrected chi connectivity index (χ2v) is 13.2. The van der Waals surface area contributed by atoms with E-state index in [0.29, 0.717) is 29.7 Å². The molecule has 2 aliphatic rings. The van der Waals surface area contributed by atoms with E-state index in [4.69, 9.17) is 0 Å². The van der Waals surface area contributed by atoms with Gasteiger partial charge >= 0.3 is 6.03 Å². The molecule has 4 rings (SSSR count). The van der Waals surface area contributed by atoms with Gasteiger partial charge in [0.1, 0.15) is 5.82 Å². The number of nitrogens with zero attached hydrogens (tertiary/aromatic N) is 2. The summed E-state index contributed by atoms with van der Waals surface area (Å²) in [6, 6.07) is 10.5. The van der Waals surface area contributed by atoms with E-state index in [9.17, 15) is 22.7 Å². The second-order valence-electron chi connectivity index (χ2n) is 11.3. The van der Waals surface area contributed by atoms with Crippen molar-refractivity contribution in [2.45, 2.75) is 69.4 Å². The van der Waals surface area contributed by atoms with E-state index in [2.05, 4.69) is 17.2 Å². The van der Waals surface area contributed by atoms with Crippen molar-refractivity contribution in [3.63, 3.8) is 0 Å². The van der Waals surface area contributed by atoms with Crippen molar-refractivity contribution < 1.29 is 22.7 Å². The normalized spacial score (nSPS) is 22.1. The molecule has 216 valence electrons. The van der Waals surface area contributed by atoms with Gasteiger partial charge in [-0.05, 0) is 80.0 Å². The molecule has 1 saturated carbocycles. The molecule has 9 heteroatoms. The Labute approximate surface area is 237 Å². The topological polar surface area (TPSA) is 90.0 Å². The summed E-state index contributed by atoms with van der Waals surface area (Å²) >= 11 is 0. The Balaban J connectivity index is 1.65. The molecule has 0 unspecified atom stereocenters. The van der Waals surface area contributed by atoms with Crippen LogP contribution in [-0.2, 0) is 16.4 Å². The average Bonchev–Trinajstić information content (AvgIpc) is 2.93. The number of carbonyl (C=O) groups is 1. The average molecular weight is 570 g/mol. The third-order valence-electron chi connectivity index (χ3n) is 8.12. The van der Waals surface area contributed by atoms with Gasteiger partial charge in [-0.15, -0.1) is 0 Å². The monoisotopic (exact) mass is 569 g/mol. The van der Waals surface area contributed by atoms with E-state index < -0.39 is 16.1 Å². The zero-order chi connectivity index (χ0) is 28.9. The highest BCUT2D eigenvalue weighted by Crippen LogP contribution is 2.32. The first-order valence-corrected chi connectivity index (χ1v) is 15.6. The zero-order valence-electron chi connectivity index (χ0n) is 23.6. The number of aliphatic hydroxyl groups is 1. The third-order valence-corrected chi connectivity index (χ3v) is 10.2. The van der Waals surface area contributed by atoms with Crippen LogP contribution in [0.15, 0.2) is 47.4 Å². The fourth-order valence-electron chi connectivity index (χ4n) is 5.64. The van der Waals surface area contributed by atoms with Gasteiger partial charge in [-0.2, -0.15) is 4.31 Å². The smallest absolute Gasteiger partial charge is 0.317 e. The lowest BCUT2D eigenvalue weighted by molar-refractivity contribution is 0.153. The molecule has 0 bridgehead atoms. The maximum atomic E-state index is 13.8. The molecule has 1 fully saturated rings. The van der Waals surface area contributed by atoms with Crippen LogP contribution in [0.2, 0.25) is 0 Å². The van der Waals surface area contributed by atoms with Crippen molar-refractivity contribution in [1.29, 1.82) is 0 Å². The van der Waals surface area contributed by atoms with Gasteiger partial charge in [-0.25, -0.2) is 17.6 Å². The highest BCUT2D eigenvalue weighted by molar-refractivity contribution is 7.89. The number of halogens is 1. The molecule has 2 aromatic rings. The van der Waals surface area contributed by atoms with E-state index >= 15 is 0 Å². The number of fused-ring (bicyclic) bond motifs is 1. The van der Waals surface area contributed by atoms with Gasteiger partial charge in [0, 0.05) is 43.3 Å². The molecule has 2 aromatic carbocycles. The molecule has 0 spiro atoms. The van der Waals surface area contributed by atoms with E-state index in [1.54, 1.807) is 49.2 Å². The molecule has 3 atom stereocenters. The first kappa shape index (κ1) is 30.0. The quantitative estimate of drug-likeness (QED) is 0.523. The van der Waals surface area contributed by atoms with Gasteiger partial charge in [0.15, 0.2) is 0 Å². The molecule has 40 heavy (non-hydrogen) atoms. The van der Waals surface area contributed by atoms with Crippen molar-refractivity contribution >= 4 is 16.1 Å². The van der Waals surface area contributed by atoms with Gasteiger partial charge in [-0.3, -0.25) is 0 Å². The van der Waals surface area contributed by atoms with E-state index in [1.807, 2.05) is 6.92 Å². The van der Waals surface area contributed by atoms with Crippen molar-refractivity contribution in [1.82, 2.24) is 14.5 Å². The van der Waals surface area contributed by atoms with Gasteiger partial charge in [-0.1, -0.05) is 44.1 Å². The minimum absolute atomic E-state index is 0.0313. The SMILES string of the molecule is C[C@@H]1CN([C@@H](C)CO)S(=O)(=O)c2ccc(C#Cc3cccc(F)c3)cc2C[C@H]1CN(C)C(=O)NC1CCCCC1. The van der Waals surface area contributed by atoms with Crippen LogP contribution < -0.4 is 5.32 Å². The highest BCUT2D eigenvalue weighted by Gasteiger charge is 2.37. The summed E-state index contributed by atoms with van der Waals surface area (Å²) in [6.07, 6.45) is 5.91. The number of rotatable bonds is 5. The van der Waals surface area contributed by atoms with Crippen LogP contribution in [0.1, 0.15) is 62.6 Å². The van der Waals surface area contributed by atoms with Gasteiger partial charge < -0.3 is 15.3 Å². The second kappa shape index (κ2) is 13.2. The fraction of sp³-hybridized carbons (Fsp3) is 0.516. The number of aliphatic hydroxyl groups excluding tert-OH is 1. The number of nitrogens with one attached hydrogen (secondary N) is 1. The molecule has 1 heterocycles. The molecule has 2 N–H and O–H groups in total. The number of benzene rings is 2. The fourth-order valence-corrected chi connectivity index (χ4v) is 7.58. The van der Waals surface area contributed by atoms with E-state index in [1.165, 1.54) is 22.9 Å². The van der Waals surface area contributed by atoms with Gasteiger partial charge in [0.2, 0.25) is 10.0 Å². The number of amides is 2. The van der Waals surface area contributed by atoms with Crippen LogP contribution in [0.5, 0.6) is 0 Å². The molecular formula is C31H40FN3O4S. The van der Waals surface area contributed by atoms with Crippen molar-refractivity contribution in [3.8, 4) is 11.8 Å². The summed E-state index contributed by atoms with van der Waals surface area (Å²) in [5, 5.41) is 13.1. The van der Waals surface area contributed by atoms with Crippen LogP contribution in [-0.4, -0.2) is 67.6 Å². The maximum Gasteiger partial charge on any atom is 0.317 e. The maximum absolute atomic E-state index is 13.8. The molecule has 1 aliphatic heterocycles. The highest BCUT2D eigenvalue weighted by atomic mass is 32.2. The summed E-state index contributed by atoms with van der Waals surface area (Å²) in [5.41, 5.74) is 1.77. The number of sulfonamides is 1. The Morgan fingerprint density at radius 3 is 2.52 bits per heavy atom. The Bertz CT molecular complexity index is 1360. The summed E-state index contributed by atoms with van der Waals surface area (Å²) in [7, 11) is -2.09. The predicted octanol–water partition coefficient (Wildman–Crippen LogP) is 4.38. The van der Waals surface area contributed by atoms with Crippen LogP contribution in [0.25, 0.3) is 0 Å². The lowest BCUT2D eigenvalue weighted by atomic mass is 9.86. The van der Waals surface area contributed by atoms with E-state index in [0.717, 1.165) is 25.7 Å². The summed E-state index contributed by atoms with van der Waals surface area (Å²) in [6.45, 7) is 4.10. The molecular weight excluding hydrogens is 529 g/mol. The summed E-state index contributed by atoms with van der Waals surface area (Å²) in [4.78, 5) is 14.9. The predicted molar refractivity (Wildman–Crippen MR) is 154 cm³/mol. The number of carbonyl (C=O) groups excluding carboxylic acids is 1. The Kier molecular flexibility index (Phi) is 9.88. The zero-order valence-corrected chi connectivity index (χ0v) is 24.4. The first-order valence-electron chi connectivity index (χ1n) is 14.1. The summed E-state index contributed by atoms with van der Waals surface area (Å²) < 4.78 is 42.5. The Morgan fingerprint density at radius 1 is 1.15 bits per heavy atom. The van der Waals surface area contributed by atoms with Gasteiger partial charge in [0.05, 0.1) is 11.5 Å². The molecule has 1 aliphatic carbocycles. The lowest BCUT2D eigenvalue weighted by Gasteiger charge is -2.37. The van der Waals surface area contributed by atoms with Crippen molar-refractivity contribution in [2.24, 2.45) is 11.8 Å². The largest absolute Gasteiger partial charge is 0.395 e. The molecule has 7 nitrogen and oxygen atoms in total. The van der Waals surface area contributed by atoms with Crippen LogP contribution >= 0.6 is 0 Å². The summed E-state index contributed by atoms with van der Waals surface area (Å²) in [5.74, 6) is 5.51.